The topological polar surface area (TPSA) is 57.1 Å². The van der Waals surface area contributed by atoms with Gasteiger partial charge in [-0.3, -0.25) is 0 Å². The summed E-state index contributed by atoms with van der Waals surface area (Å²) in [6.45, 7) is 1.05. The summed E-state index contributed by atoms with van der Waals surface area (Å²) in [6.07, 6.45) is 0. The summed E-state index contributed by atoms with van der Waals surface area (Å²) >= 11 is 0. The molecule has 0 heterocycles. The first kappa shape index (κ1) is 16.6. The highest BCUT2D eigenvalue weighted by molar-refractivity contribution is 5.41. The molecule has 25 heavy (non-hydrogen) atoms. The maximum absolute atomic E-state index is 9.13. The molecular weight excluding hydrogens is 310 g/mol. The van der Waals surface area contributed by atoms with Crippen LogP contribution in [0.1, 0.15) is 16.7 Å². The molecule has 0 spiro atoms. The van der Waals surface area contributed by atoms with E-state index >= 15 is 0 Å². The normalized spacial score (nSPS) is 10.0. The fraction of sp³-hybridized carbons (Fsp3) is 0.0952. The zero-order chi connectivity index (χ0) is 17.3. The number of hydrazine groups is 1. The van der Waals surface area contributed by atoms with Gasteiger partial charge in [-0.1, -0.05) is 48.5 Å². The molecule has 0 unspecified atom stereocenters. The molecule has 0 aliphatic rings. The van der Waals surface area contributed by atoms with E-state index < -0.39 is 0 Å². The SMILES string of the molecule is N#Cc1ccccc1COc1cccc(CNNc2ccccc2)c1. The second-order valence-corrected chi connectivity index (χ2v) is 5.55. The Morgan fingerprint density at radius 3 is 2.52 bits per heavy atom. The van der Waals surface area contributed by atoms with E-state index in [-0.39, 0.29) is 0 Å². The first-order valence-corrected chi connectivity index (χ1v) is 8.09. The van der Waals surface area contributed by atoms with Crippen molar-refractivity contribution in [3.8, 4) is 11.8 Å². The second-order valence-electron chi connectivity index (χ2n) is 5.55. The maximum atomic E-state index is 9.13. The Balaban J connectivity index is 1.55. The number of nitrogens with one attached hydrogen (secondary N) is 2. The quantitative estimate of drug-likeness (QED) is 0.636. The summed E-state index contributed by atoms with van der Waals surface area (Å²) < 4.78 is 5.84. The van der Waals surface area contributed by atoms with Gasteiger partial charge in [-0.05, 0) is 35.9 Å². The molecule has 3 aromatic rings. The third-order valence-corrected chi connectivity index (χ3v) is 3.73. The van der Waals surface area contributed by atoms with Crippen molar-refractivity contribution in [1.82, 2.24) is 5.43 Å². The van der Waals surface area contributed by atoms with Crippen LogP contribution in [0.4, 0.5) is 5.69 Å². The van der Waals surface area contributed by atoms with E-state index in [2.05, 4.69) is 16.9 Å². The Morgan fingerprint density at radius 1 is 0.880 bits per heavy atom. The zero-order valence-electron chi connectivity index (χ0n) is 13.8. The van der Waals surface area contributed by atoms with E-state index in [1.54, 1.807) is 6.07 Å². The number of hydrogen-bond acceptors (Lipinski definition) is 4. The van der Waals surface area contributed by atoms with Crippen molar-refractivity contribution in [1.29, 1.82) is 5.26 Å². The summed E-state index contributed by atoms with van der Waals surface area (Å²) in [5.74, 6) is 0.784. The van der Waals surface area contributed by atoms with E-state index in [0.717, 1.165) is 22.6 Å². The highest BCUT2D eigenvalue weighted by atomic mass is 16.5. The van der Waals surface area contributed by atoms with Crippen molar-refractivity contribution in [3.05, 3.63) is 95.6 Å². The molecule has 0 bridgehead atoms. The van der Waals surface area contributed by atoms with Gasteiger partial charge < -0.3 is 10.2 Å². The maximum Gasteiger partial charge on any atom is 0.120 e. The average molecular weight is 329 g/mol. The van der Waals surface area contributed by atoms with E-state index in [1.807, 2.05) is 72.8 Å². The van der Waals surface area contributed by atoms with Crippen molar-refractivity contribution in [2.24, 2.45) is 0 Å². The number of nitriles is 1. The number of para-hydroxylation sites is 1. The molecule has 2 N–H and O–H groups in total. The van der Waals surface area contributed by atoms with E-state index in [9.17, 15) is 0 Å². The first-order chi connectivity index (χ1) is 12.3. The molecule has 0 saturated heterocycles. The minimum atomic E-state index is 0.378. The van der Waals surface area contributed by atoms with E-state index in [1.165, 1.54) is 0 Å². The number of rotatable bonds is 7. The summed E-state index contributed by atoms with van der Waals surface area (Å²) in [4.78, 5) is 0. The van der Waals surface area contributed by atoms with Gasteiger partial charge in [-0.15, -0.1) is 0 Å². The lowest BCUT2D eigenvalue weighted by Crippen LogP contribution is -2.20. The third kappa shape index (κ3) is 4.84. The molecule has 124 valence electrons. The van der Waals surface area contributed by atoms with Gasteiger partial charge in [-0.25, -0.2) is 5.43 Å². The molecule has 4 nitrogen and oxygen atoms in total. The molecule has 0 aliphatic heterocycles. The van der Waals surface area contributed by atoms with Gasteiger partial charge in [-0.2, -0.15) is 5.26 Å². The first-order valence-electron chi connectivity index (χ1n) is 8.09. The predicted molar refractivity (Wildman–Crippen MR) is 98.8 cm³/mol. The highest BCUT2D eigenvalue weighted by Gasteiger charge is 2.03. The number of benzene rings is 3. The predicted octanol–water partition coefficient (Wildman–Crippen LogP) is 4.25. The highest BCUT2D eigenvalue weighted by Crippen LogP contribution is 2.17. The molecule has 4 heteroatoms. The summed E-state index contributed by atoms with van der Waals surface area (Å²) in [6, 6.07) is 27.5. The fourth-order valence-corrected chi connectivity index (χ4v) is 2.43. The van der Waals surface area contributed by atoms with Gasteiger partial charge in [0.05, 0.1) is 11.6 Å². The average Bonchev–Trinajstić information content (AvgIpc) is 2.68. The molecule has 3 rings (SSSR count). The van der Waals surface area contributed by atoms with Crippen LogP contribution in [0.5, 0.6) is 5.75 Å². The van der Waals surface area contributed by atoms with Crippen molar-refractivity contribution in [2.75, 3.05) is 5.43 Å². The van der Waals surface area contributed by atoms with Crippen LogP contribution in [0.15, 0.2) is 78.9 Å². The molecule has 0 amide bonds. The molecule has 3 aromatic carbocycles. The minimum Gasteiger partial charge on any atom is -0.489 e. The van der Waals surface area contributed by atoms with Gasteiger partial charge in [0.15, 0.2) is 0 Å². The third-order valence-electron chi connectivity index (χ3n) is 3.73. The number of nitrogens with zero attached hydrogens (tertiary/aromatic N) is 1. The van der Waals surface area contributed by atoms with Gasteiger partial charge >= 0.3 is 0 Å². The standard InChI is InChI=1S/C21H19N3O/c22-14-18-8-4-5-9-19(18)16-25-21-12-6-7-17(13-21)15-23-24-20-10-2-1-3-11-20/h1-13,23-24H,15-16H2. The molecule has 0 aromatic heterocycles. The van der Waals surface area contributed by atoms with E-state index in [0.29, 0.717) is 18.7 Å². The van der Waals surface area contributed by atoms with Crippen LogP contribution in [-0.2, 0) is 13.2 Å². The monoisotopic (exact) mass is 329 g/mol. The van der Waals surface area contributed by atoms with Gasteiger partial charge in [0.2, 0.25) is 0 Å². The van der Waals surface area contributed by atoms with Gasteiger partial charge in [0.1, 0.15) is 12.4 Å². The zero-order valence-corrected chi connectivity index (χ0v) is 13.8. The Hall–Kier alpha value is -3.29. The Morgan fingerprint density at radius 2 is 1.68 bits per heavy atom. The second kappa shape index (κ2) is 8.53. The van der Waals surface area contributed by atoms with Crippen LogP contribution in [0.3, 0.4) is 0 Å². The van der Waals surface area contributed by atoms with Crippen molar-refractivity contribution >= 4 is 5.69 Å². The lowest BCUT2D eigenvalue weighted by atomic mass is 10.1. The molecule has 0 saturated carbocycles. The fourth-order valence-electron chi connectivity index (χ4n) is 2.43. The molecular formula is C21H19N3O. The smallest absolute Gasteiger partial charge is 0.120 e. The number of hydrogen-bond donors (Lipinski definition) is 2. The van der Waals surface area contributed by atoms with Crippen molar-refractivity contribution in [2.45, 2.75) is 13.2 Å². The Bertz CT molecular complexity index is 856. The Kier molecular flexibility index (Phi) is 5.65. The van der Waals surface area contributed by atoms with Gasteiger partial charge in [0, 0.05) is 17.8 Å². The lowest BCUT2D eigenvalue weighted by molar-refractivity contribution is 0.305. The molecule has 0 radical (unpaired) electrons. The lowest BCUT2D eigenvalue weighted by Gasteiger charge is -2.11. The molecule has 0 fully saturated rings. The van der Waals surface area contributed by atoms with Crippen molar-refractivity contribution < 1.29 is 4.74 Å². The van der Waals surface area contributed by atoms with Crippen LogP contribution in [0.25, 0.3) is 0 Å². The summed E-state index contributed by atoms with van der Waals surface area (Å²) in [7, 11) is 0. The minimum absolute atomic E-state index is 0.378. The summed E-state index contributed by atoms with van der Waals surface area (Å²) in [5, 5.41) is 9.13. The number of anilines is 1. The van der Waals surface area contributed by atoms with Crippen LogP contribution in [-0.4, -0.2) is 0 Å². The largest absolute Gasteiger partial charge is 0.489 e. The summed E-state index contributed by atoms with van der Waals surface area (Å²) in [5.41, 5.74) is 10.0. The molecule has 0 atom stereocenters. The van der Waals surface area contributed by atoms with Crippen LogP contribution >= 0.6 is 0 Å². The van der Waals surface area contributed by atoms with Gasteiger partial charge in [0.25, 0.3) is 0 Å². The van der Waals surface area contributed by atoms with Crippen LogP contribution in [0, 0.1) is 11.3 Å². The Labute approximate surface area is 147 Å². The number of ether oxygens (including phenoxy) is 1. The van der Waals surface area contributed by atoms with Crippen molar-refractivity contribution in [3.63, 3.8) is 0 Å². The molecule has 0 aliphatic carbocycles. The van der Waals surface area contributed by atoms with Crippen LogP contribution in [0.2, 0.25) is 0 Å². The van der Waals surface area contributed by atoms with Crippen LogP contribution < -0.4 is 15.6 Å². The van der Waals surface area contributed by atoms with E-state index in [4.69, 9.17) is 10.00 Å².